The zero-order valence-electron chi connectivity index (χ0n) is 23.3. The van der Waals surface area contributed by atoms with Gasteiger partial charge in [0.25, 0.3) is 0 Å². The number of allylic oxidation sites excluding steroid dienone is 1. The number of thiazole rings is 1. The first-order valence-corrected chi connectivity index (χ1v) is 15.4. The van der Waals surface area contributed by atoms with Crippen LogP contribution < -0.4 is 21.1 Å². The highest BCUT2D eigenvalue weighted by Crippen LogP contribution is 2.30. The van der Waals surface area contributed by atoms with Gasteiger partial charge in [-0.25, -0.2) is 14.5 Å². The highest BCUT2D eigenvalue weighted by molar-refractivity contribution is 7.77. The quantitative estimate of drug-likeness (QED) is 0.179. The molecule has 4 rings (SSSR count). The number of rotatable bonds is 12. The van der Waals surface area contributed by atoms with Crippen LogP contribution in [0.25, 0.3) is 10.6 Å². The molecule has 1 heterocycles. The van der Waals surface area contributed by atoms with Gasteiger partial charge < -0.3 is 19.9 Å². The van der Waals surface area contributed by atoms with Gasteiger partial charge in [0.05, 0.1) is 11.7 Å². The maximum atomic E-state index is 13.8. The van der Waals surface area contributed by atoms with Crippen LogP contribution in [0.3, 0.4) is 0 Å². The molecule has 0 radical (unpaired) electrons. The molecule has 0 spiro atoms. The van der Waals surface area contributed by atoms with Gasteiger partial charge >= 0.3 is 6.09 Å². The molecule has 5 N–H and O–H groups in total. The number of hydrogen-bond acceptors (Lipinski definition) is 8. The van der Waals surface area contributed by atoms with Crippen LogP contribution in [0.5, 0.6) is 0 Å². The molecule has 0 saturated heterocycles. The van der Waals surface area contributed by atoms with E-state index in [1.807, 2.05) is 78.2 Å². The van der Waals surface area contributed by atoms with Gasteiger partial charge in [-0.1, -0.05) is 78.9 Å². The molecule has 3 aromatic rings. The molecular formula is C30H34N5O5S2-. The van der Waals surface area contributed by atoms with Crippen molar-refractivity contribution in [2.24, 2.45) is 5.73 Å². The number of nitrogens with two attached hydrogens (primary N) is 1. The number of amides is 2. The van der Waals surface area contributed by atoms with Crippen LogP contribution in [0.15, 0.2) is 89.8 Å². The van der Waals surface area contributed by atoms with E-state index in [2.05, 4.69) is 15.4 Å². The van der Waals surface area contributed by atoms with Crippen LogP contribution in [-0.2, 0) is 27.2 Å². The van der Waals surface area contributed by atoms with Crippen LogP contribution in [0.2, 0.25) is 0 Å². The summed E-state index contributed by atoms with van der Waals surface area (Å²) in [5.74, 6) is -0.411. The van der Waals surface area contributed by atoms with E-state index in [4.69, 9.17) is 15.5 Å². The number of carbonyl (C=O) groups is 2. The third-order valence-electron chi connectivity index (χ3n) is 6.33. The van der Waals surface area contributed by atoms with Crippen LogP contribution in [0.1, 0.15) is 44.0 Å². The second kappa shape index (κ2) is 14.5. The van der Waals surface area contributed by atoms with E-state index in [1.54, 1.807) is 19.9 Å². The Hall–Kier alpha value is -3.68. The van der Waals surface area contributed by atoms with Crippen LogP contribution in [0, 0.1) is 0 Å². The van der Waals surface area contributed by atoms with Gasteiger partial charge in [-0.05, 0) is 37.8 Å². The predicted octanol–water partition coefficient (Wildman–Crippen LogP) is 4.03. The molecule has 10 nitrogen and oxygen atoms in total. The third-order valence-corrected chi connectivity index (χ3v) is 7.73. The number of ether oxygens (including phenoxy) is 1. The molecule has 2 aromatic carbocycles. The minimum Gasteiger partial charge on any atom is -0.760 e. The molecule has 0 fully saturated rings. The minimum atomic E-state index is -2.37. The molecular weight excluding hydrogens is 574 g/mol. The van der Waals surface area contributed by atoms with Crippen molar-refractivity contribution in [3.8, 4) is 10.6 Å². The lowest BCUT2D eigenvalue weighted by Gasteiger charge is -2.26. The number of carbonyl (C=O) groups excluding carboxylic acids is 2. The summed E-state index contributed by atoms with van der Waals surface area (Å²) in [4.78, 5) is 31.2. The van der Waals surface area contributed by atoms with Gasteiger partial charge in [0, 0.05) is 34.7 Å². The van der Waals surface area contributed by atoms with E-state index in [0.717, 1.165) is 21.7 Å². The molecule has 1 aromatic heterocycles. The zero-order valence-corrected chi connectivity index (χ0v) is 25.0. The van der Waals surface area contributed by atoms with Crippen LogP contribution in [0.4, 0.5) is 4.79 Å². The van der Waals surface area contributed by atoms with Crippen molar-refractivity contribution in [3.63, 3.8) is 0 Å². The number of alkyl carbamates (subject to hydrolysis) is 1. The Labute approximate surface area is 251 Å². The summed E-state index contributed by atoms with van der Waals surface area (Å²) < 4.78 is 29.8. The van der Waals surface area contributed by atoms with E-state index in [1.165, 1.54) is 11.3 Å². The van der Waals surface area contributed by atoms with Crippen molar-refractivity contribution >= 4 is 34.6 Å². The zero-order chi connectivity index (χ0) is 30.1. The first kappa shape index (κ1) is 31.3. The van der Waals surface area contributed by atoms with E-state index < -0.39 is 41.1 Å². The van der Waals surface area contributed by atoms with Crippen LogP contribution >= 0.6 is 11.3 Å². The lowest BCUT2D eigenvalue weighted by Crippen LogP contribution is -2.51. The highest BCUT2D eigenvalue weighted by atomic mass is 32.2. The second-order valence-electron chi connectivity index (χ2n) is 10.4. The molecule has 222 valence electrons. The van der Waals surface area contributed by atoms with Crippen molar-refractivity contribution in [2.45, 2.75) is 57.0 Å². The lowest BCUT2D eigenvalue weighted by atomic mass is 9.96. The van der Waals surface area contributed by atoms with Gasteiger partial charge in [0.1, 0.15) is 11.0 Å². The Kier molecular flexibility index (Phi) is 10.8. The summed E-state index contributed by atoms with van der Waals surface area (Å²) in [6.45, 7) is 3.09. The van der Waals surface area contributed by atoms with Crippen molar-refractivity contribution in [3.05, 3.63) is 101 Å². The lowest BCUT2D eigenvalue weighted by molar-refractivity contribution is -0.124. The molecule has 2 unspecified atom stereocenters. The fourth-order valence-corrected chi connectivity index (χ4v) is 5.70. The van der Waals surface area contributed by atoms with E-state index in [-0.39, 0.29) is 12.5 Å². The van der Waals surface area contributed by atoms with Gasteiger partial charge in [-0.3, -0.25) is 14.7 Å². The first-order valence-electron chi connectivity index (χ1n) is 13.4. The predicted molar refractivity (Wildman–Crippen MR) is 163 cm³/mol. The number of aromatic nitrogens is 1. The minimum absolute atomic E-state index is 0.230. The number of nitrogens with zero attached hydrogens (tertiary/aromatic N) is 1. The molecule has 12 heteroatoms. The molecule has 1 aliphatic rings. The Balaban J connectivity index is 1.57. The van der Waals surface area contributed by atoms with Gasteiger partial charge in [-0.15, -0.1) is 11.3 Å². The van der Waals surface area contributed by atoms with Crippen molar-refractivity contribution < 1.29 is 23.1 Å². The van der Waals surface area contributed by atoms with E-state index in [9.17, 15) is 18.4 Å². The SMILES string of the molecule is CC(C)(N)OC(=O)N[C@@H](Cc1ccccc1)C(=O)N[C@@H](CC1=CCC(NS(=O)[O-])C=C1)c1csc(-c2ccccc2)n1. The summed E-state index contributed by atoms with van der Waals surface area (Å²) in [6.07, 6.45) is 5.88. The largest absolute Gasteiger partial charge is 0.760 e. The maximum absolute atomic E-state index is 13.8. The summed E-state index contributed by atoms with van der Waals surface area (Å²) in [5.41, 5.74) is 8.03. The number of benzene rings is 2. The summed E-state index contributed by atoms with van der Waals surface area (Å²) in [7, 11) is 0. The first-order chi connectivity index (χ1) is 20.1. The molecule has 4 atom stereocenters. The highest BCUT2D eigenvalue weighted by Gasteiger charge is 2.28. The number of hydrogen-bond donors (Lipinski definition) is 4. The van der Waals surface area contributed by atoms with E-state index in [0.29, 0.717) is 18.5 Å². The standard InChI is InChI=1S/C30H35N5O5S2/c1-30(2,31)40-29(37)34-25(18-20-9-5-3-6-10-20)27(36)32-24(17-21-13-15-23(16-14-21)35-42(38)39)26-19-41-28(33-26)22-11-7-4-8-12-22/h3-15,19,23-25,35H,16-18,31H2,1-2H3,(H,32,36)(H,34,37)(H,38,39)/p-1/t23?,24-,25-/m0/s1. The average Bonchev–Trinajstić information content (AvgIpc) is 3.44. The van der Waals surface area contributed by atoms with Gasteiger partial charge in [0.15, 0.2) is 5.72 Å². The Bertz CT molecular complexity index is 1440. The average molecular weight is 609 g/mol. The van der Waals surface area contributed by atoms with Crippen molar-refractivity contribution in [2.75, 3.05) is 0 Å². The van der Waals surface area contributed by atoms with Crippen molar-refractivity contribution in [1.82, 2.24) is 20.3 Å². The van der Waals surface area contributed by atoms with E-state index >= 15 is 0 Å². The van der Waals surface area contributed by atoms with Crippen molar-refractivity contribution in [1.29, 1.82) is 0 Å². The Morgan fingerprint density at radius 3 is 2.43 bits per heavy atom. The molecule has 0 saturated carbocycles. The summed E-state index contributed by atoms with van der Waals surface area (Å²) in [5, 5.41) is 8.49. The van der Waals surface area contributed by atoms with Crippen LogP contribution in [-0.4, -0.2) is 43.6 Å². The summed E-state index contributed by atoms with van der Waals surface area (Å²) >= 11 is -0.898. The Morgan fingerprint density at radius 2 is 1.81 bits per heavy atom. The normalized spacial score (nSPS) is 17.0. The molecule has 0 bridgehead atoms. The fraction of sp³-hybridized carbons (Fsp3) is 0.300. The van der Waals surface area contributed by atoms with Gasteiger partial charge in [0.2, 0.25) is 5.91 Å². The molecule has 1 aliphatic carbocycles. The third kappa shape index (κ3) is 9.71. The Morgan fingerprint density at radius 1 is 1.12 bits per heavy atom. The maximum Gasteiger partial charge on any atom is 0.409 e. The number of nitrogens with one attached hydrogen (secondary N) is 3. The topological polar surface area (TPSA) is 158 Å². The monoisotopic (exact) mass is 608 g/mol. The molecule has 0 aliphatic heterocycles. The molecule has 2 amide bonds. The smallest absolute Gasteiger partial charge is 0.409 e. The molecule has 42 heavy (non-hydrogen) atoms. The fourth-order valence-electron chi connectivity index (χ4n) is 4.39. The second-order valence-corrected chi connectivity index (χ2v) is 12.0. The van der Waals surface area contributed by atoms with Gasteiger partial charge in [-0.2, -0.15) is 0 Å². The summed E-state index contributed by atoms with van der Waals surface area (Å²) in [6, 6.07) is 17.3.